The van der Waals surface area contributed by atoms with Crippen LogP contribution < -0.4 is 5.73 Å². The molecule has 1 aliphatic carbocycles. The molecule has 0 spiro atoms. The molecule has 2 rings (SSSR count). The number of nitro benzene ring substituents is 1. The lowest BCUT2D eigenvalue weighted by Crippen LogP contribution is -2.25. The Labute approximate surface area is 94.6 Å². The second-order valence-corrected chi connectivity index (χ2v) is 5.15. The van der Waals surface area contributed by atoms with Crippen molar-refractivity contribution in [2.75, 3.05) is 6.54 Å². The number of nitro groups is 1. The van der Waals surface area contributed by atoms with Crippen LogP contribution in [0.3, 0.4) is 0 Å². The SMILES string of the molecule is CC1(C)CC1(CN)c1cccc([N+](=O)[O-])c1. The highest BCUT2D eigenvalue weighted by atomic mass is 16.6. The van der Waals surface area contributed by atoms with E-state index in [2.05, 4.69) is 13.8 Å². The molecule has 1 saturated carbocycles. The van der Waals surface area contributed by atoms with E-state index < -0.39 is 0 Å². The van der Waals surface area contributed by atoms with Crippen molar-refractivity contribution in [3.63, 3.8) is 0 Å². The molecule has 0 aromatic heterocycles. The second-order valence-electron chi connectivity index (χ2n) is 5.15. The molecular formula is C12H16N2O2. The fourth-order valence-corrected chi connectivity index (χ4v) is 2.59. The number of nitrogens with zero attached hydrogens (tertiary/aromatic N) is 1. The van der Waals surface area contributed by atoms with Gasteiger partial charge in [0.2, 0.25) is 0 Å². The van der Waals surface area contributed by atoms with E-state index in [1.54, 1.807) is 12.1 Å². The molecule has 2 N–H and O–H groups in total. The molecule has 86 valence electrons. The van der Waals surface area contributed by atoms with Gasteiger partial charge >= 0.3 is 0 Å². The van der Waals surface area contributed by atoms with Crippen molar-refractivity contribution >= 4 is 5.69 Å². The Hall–Kier alpha value is -1.42. The minimum absolute atomic E-state index is 0.0704. The van der Waals surface area contributed by atoms with Crippen molar-refractivity contribution in [2.45, 2.75) is 25.7 Å². The Kier molecular flexibility index (Phi) is 2.27. The second kappa shape index (κ2) is 3.28. The monoisotopic (exact) mass is 220 g/mol. The lowest BCUT2D eigenvalue weighted by Gasteiger charge is -2.18. The van der Waals surface area contributed by atoms with E-state index >= 15 is 0 Å². The summed E-state index contributed by atoms with van der Waals surface area (Å²) >= 11 is 0. The summed E-state index contributed by atoms with van der Waals surface area (Å²) < 4.78 is 0. The van der Waals surface area contributed by atoms with E-state index in [1.807, 2.05) is 6.07 Å². The molecule has 1 aromatic carbocycles. The zero-order chi connectivity index (χ0) is 12.0. The van der Waals surface area contributed by atoms with Crippen molar-refractivity contribution < 1.29 is 4.92 Å². The number of hydrogen-bond acceptors (Lipinski definition) is 3. The van der Waals surface area contributed by atoms with Gasteiger partial charge in [0, 0.05) is 24.1 Å². The summed E-state index contributed by atoms with van der Waals surface area (Å²) in [5, 5.41) is 10.7. The topological polar surface area (TPSA) is 69.2 Å². The van der Waals surface area contributed by atoms with Gasteiger partial charge in [0.25, 0.3) is 5.69 Å². The van der Waals surface area contributed by atoms with E-state index in [4.69, 9.17) is 5.73 Å². The van der Waals surface area contributed by atoms with Crippen molar-refractivity contribution in [3.8, 4) is 0 Å². The van der Waals surface area contributed by atoms with Crippen LogP contribution >= 0.6 is 0 Å². The maximum atomic E-state index is 10.7. The smallest absolute Gasteiger partial charge is 0.269 e. The average Bonchev–Trinajstić information content (AvgIpc) is 2.82. The first-order valence-electron chi connectivity index (χ1n) is 5.38. The van der Waals surface area contributed by atoms with Gasteiger partial charge in [0.15, 0.2) is 0 Å². The predicted molar refractivity (Wildman–Crippen MR) is 62.2 cm³/mol. The number of rotatable bonds is 3. The molecule has 16 heavy (non-hydrogen) atoms. The normalized spacial score (nSPS) is 26.4. The first-order valence-corrected chi connectivity index (χ1v) is 5.38. The summed E-state index contributed by atoms with van der Waals surface area (Å²) in [5.41, 5.74) is 7.05. The standard InChI is InChI=1S/C12H16N2O2/c1-11(2)7-12(11,8-13)9-4-3-5-10(6-9)14(15)16/h3-6H,7-8,13H2,1-2H3. The molecule has 0 amide bonds. The molecule has 0 saturated heterocycles. The van der Waals surface area contributed by atoms with Gasteiger partial charge in [0.1, 0.15) is 0 Å². The van der Waals surface area contributed by atoms with E-state index in [0.717, 1.165) is 12.0 Å². The van der Waals surface area contributed by atoms with Crippen LogP contribution in [0.4, 0.5) is 5.69 Å². The molecule has 0 heterocycles. The number of non-ortho nitro benzene ring substituents is 1. The summed E-state index contributed by atoms with van der Waals surface area (Å²) in [4.78, 5) is 10.4. The molecule has 4 nitrogen and oxygen atoms in total. The molecular weight excluding hydrogens is 204 g/mol. The van der Waals surface area contributed by atoms with Gasteiger partial charge in [-0.05, 0) is 17.4 Å². The van der Waals surface area contributed by atoms with Crippen molar-refractivity contribution in [2.24, 2.45) is 11.1 Å². The van der Waals surface area contributed by atoms with Crippen molar-refractivity contribution in [1.29, 1.82) is 0 Å². The Morgan fingerprint density at radius 1 is 1.50 bits per heavy atom. The first-order chi connectivity index (χ1) is 7.43. The fourth-order valence-electron chi connectivity index (χ4n) is 2.59. The van der Waals surface area contributed by atoms with Gasteiger partial charge in [-0.1, -0.05) is 26.0 Å². The molecule has 1 fully saturated rings. The van der Waals surface area contributed by atoms with Gasteiger partial charge in [-0.3, -0.25) is 10.1 Å². The molecule has 1 aliphatic rings. The van der Waals surface area contributed by atoms with E-state index in [9.17, 15) is 10.1 Å². The van der Waals surface area contributed by atoms with E-state index in [-0.39, 0.29) is 21.4 Å². The van der Waals surface area contributed by atoms with Gasteiger partial charge < -0.3 is 5.73 Å². The largest absolute Gasteiger partial charge is 0.330 e. The molecule has 0 aliphatic heterocycles. The van der Waals surface area contributed by atoms with Gasteiger partial charge in [-0.15, -0.1) is 0 Å². The minimum Gasteiger partial charge on any atom is -0.330 e. The minimum atomic E-state index is -0.358. The first kappa shape index (κ1) is 11.1. The summed E-state index contributed by atoms with van der Waals surface area (Å²) in [5.74, 6) is 0. The van der Waals surface area contributed by atoms with Gasteiger partial charge in [-0.25, -0.2) is 0 Å². The summed E-state index contributed by atoms with van der Waals surface area (Å²) in [6.07, 6.45) is 0.998. The molecule has 4 heteroatoms. The Balaban J connectivity index is 2.42. The van der Waals surface area contributed by atoms with Crippen LogP contribution in [0.15, 0.2) is 24.3 Å². The van der Waals surface area contributed by atoms with Crippen LogP contribution in [-0.4, -0.2) is 11.5 Å². The van der Waals surface area contributed by atoms with Crippen LogP contribution in [0.25, 0.3) is 0 Å². The lowest BCUT2D eigenvalue weighted by atomic mass is 9.88. The van der Waals surface area contributed by atoms with Gasteiger partial charge in [-0.2, -0.15) is 0 Å². The zero-order valence-electron chi connectivity index (χ0n) is 9.56. The Morgan fingerprint density at radius 2 is 2.12 bits per heavy atom. The van der Waals surface area contributed by atoms with Gasteiger partial charge in [0.05, 0.1) is 4.92 Å². The molecule has 0 radical (unpaired) electrons. The van der Waals surface area contributed by atoms with E-state index in [1.165, 1.54) is 6.07 Å². The van der Waals surface area contributed by atoms with Crippen LogP contribution in [0, 0.1) is 15.5 Å². The molecule has 1 unspecified atom stereocenters. The maximum Gasteiger partial charge on any atom is 0.269 e. The third-order valence-electron chi connectivity index (χ3n) is 3.87. The van der Waals surface area contributed by atoms with Crippen LogP contribution in [0.2, 0.25) is 0 Å². The Morgan fingerprint density at radius 3 is 2.56 bits per heavy atom. The van der Waals surface area contributed by atoms with Crippen LogP contribution in [0.1, 0.15) is 25.8 Å². The highest BCUT2D eigenvalue weighted by molar-refractivity contribution is 5.44. The highest BCUT2D eigenvalue weighted by Crippen LogP contribution is 2.63. The summed E-state index contributed by atoms with van der Waals surface area (Å²) in [6, 6.07) is 6.85. The lowest BCUT2D eigenvalue weighted by molar-refractivity contribution is -0.384. The highest BCUT2D eigenvalue weighted by Gasteiger charge is 2.61. The third-order valence-corrected chi connectivity index (χ3v) is 3.87. The third kappa shape index (κ3) is 1.41. The predicted octanol–water partition coefficient (Wildman–Crippen LogP) is 2.22. The fraction of sp³-hybridized carbons (Fsp3) is 0.500. The maximum absolute atomic E-state index is 10.7. The van der Waals surface area contributed by atoms with Crippen molar-refractivity contribution in [3.05, 3.63) is 39.9 Å². The average molecular weight is 220 g/mol. The van der Waals surface area contributed by atoms with Crippen LogP contribution in [-0.2, 0) is 5.41 Å². The number of hydrogen-bond donors (Lipinski definition) is 1. The van der Waals surface area contributed by atoms with Crippen molar-refractivity contribution in [1.82, 2.24) is 0 Å². The molecule has 1 atom stereocenters. The Bertz CT molecular complexity index is 442. The summed E-state index contributed by atoms with van der Waals surface area (Å²) in [6.45, 7) is 4.85. The molecule has 0 bridgehead atoms. The summed E-state index contributed by atoms with van der Waals surface area (Å²) in [7, 11) is 0. The zero-order valence-corrected chi connectivity index (χ0v) is 9.56. The molecule has 1 aromatic rings. The number of nitrogens with two attached hydrogens (primary N) is 1. The van der Waals surface area contributed by atoms with E-state index in [0.29, 0.717) is 6.54 Å². The number of benzene rings is 1. The quantitative estimate of drug-likeness (QED) is 0.627. The van der Waals surface area contributed by atoms with Crippen LogP contribution in [0.5, 0.6) is 0 Å².